The number of hydrogen-bond acceptors (Lipinski definition) is 6. The summed E-state index contributed by atoms with van der Waals surface area (Å²) in [4.78, 5) is 11.6. The Labute approximate surface area is 172 Å². The maximum Gasteiger partial charge on any atom is 0.268 e. The smallest absolute Gasteiger partial charge is 0.268 e. The van der Waals surface area contributed by atoms with Crippen LogP contribution in [-0.2, 0) is 18.3 Å². The number of rotatable bonds is 20. The van der Waals surface area contributed by atoms with E-state index in [0.29, 0.717) is 17.6 Å². The van der Waals surface area contributed by atoms with E-state index in [1.54, 1.807) is 0 Å². The molecule has 6 nitrogen and oxygen atoms in total. The van der Waals surface area contributed by atoms with Gasteiger partial charge in [-0.2, -0.15) is 12.6 Å². The Bertz CT molecular complexity index is 380. The average molecular weight is 428 g/mol. The predicted octanol–water partition coefficient (Wildman–Crippen LogP) is 4.04. The first-order chi connectivity index (χ1) is 12.8. The Morgan fingerprint density at radius 3 is 1.74 bits per heavy atom. The van der Waals surface area contributed by atoms with Crippen molar-refractivity contribution in [2.75, 3.05) is 59.9 Å². The highest BCUT2D eigenvalue weighted by atomic mass is 32.1. The lowest BCUT2D eigenvalue weighted by Crippen LogP contribution is -2.37. The first-order valence-corrected chi connectivity index (χ1v) is 12.5. The highest BCUT2D eigenvalue weighted by Crippen LogP contribution is 2.37. The van der Waals surface area contributed by atoms with Gasteiger partial charge in [-0.25, -0.2) is 0 Å². The molecule has 0 heterocycles. The largest absolute Gasteiger partial charge is 0.756 e. The molecule has 0 fully saturated rings. The lowest BCUT2D eigenvalue weighted by Gasteiger charge is -2.27. The summed E-state index contributed by atoms with van der Waals surface area (Å²) in [6.45, 7) is 1.66. The quantitative estimate of drug-likeness (QED) is 0.137. The number of likely N-dealkylation sites (N-methyl/N-ethyl adjacent to an activating group) is 1. The fraction of sp³-hybridized carbons (Fsp3) is 1.00. The molecule has 0 aromatic carbocycles. The van der Waals surface area contributed by atoms with Crippen LogP contribution in [0.2, 0.25) is 0 Å². The van der Waals surface area contributed by atoms with Gasteiger partial charge < -0.3 is 23.2 Å². The molecule has 1 unspecified atom stereocenters. The lowest BCUT2D eigenvalue weighted by atomic mass is 10.1. The summed E-state index contributed by atoms with van der Waals surface area (Å²) in [5, 5.41) is 0. The Morgan fingerprint density at radius 1 is 0.741 bits per heavy atom. The van der Waals surface area contributed by atoms with Gasteiger partial charge in [0.05, 0.1) is 34.4 Å². The number of quaternary nitrogens is 1. The molecule has 0 aromatic rings. The third-order valence-corrected chi connectivity index (χ3v) is 5.50. The van der Waals surface area contributed by atoms with Crippen molar-refractivity contribution >= 4 is 20.5 Å². The Hall–Kier alpha value is 0.380. The van der Waals surface area contributed by atoms with Crippen molar-refractivity contribution in [3.8, 4) is 0 Å². The van der Waals surface area contributed by atoms with E-state index in [2.05, 4.69) is 12.6 Å². The van der Waals surface area contributed by atoms with Crippen molar-refractivity contribution < 1.29 is 27.7 Å². The van der Waals surface area contributed by atoms with Crippen LogP contribution in [0.15, 0.2) is 0 Å². The summed E-state index contributed by atoms with van der Waals surface area (Å²) in [5.74, 6) is 1.01. The topological polar surface area (TPSA) is 67.8 Å². The summed E-state index contributed by atoms with van der Waals surface area (Å²) >= 11 is 4.22. The molecule has 27 heavy (non-hydrogen) atoms. The normalized spacial score (nSPS) is 14.4. The number of phosphoric ester groups is 1. The van der Waals surface area contributed by atoms with Crippen molar-refractivity contribution in [2.45, 2.75) is 64.2 Å². The van der Waals surface area contributed by atoms with Gasteiger partial charge in [-0.1, -0.05) is 51.4 Å². The van der Waals surface area contributed by atoms with Gasteiger partial charge in [0, 0.05) is 6.61 Å². The average Bonchev–Trinajstić information content (AvgIpc) is 2.57. The van der Waals surface area contributed by atoms with Crippen LogP contribution in [0.4, 0.5) is 0 Å². The zero-order chi connectivity index (χ0) is 20.4. The number of unbranched alkanes of at least 4 members (excludes halogenated alkanes) is 9. The summed E-state index contributed by atoms with van der Waals surface area (Å²) in [6, 6.07) is 0. The fourth-order valence-corrected chi connectivity index (χ4v) is 3.41. The minimum atomic E-state index is -4.21. The summed E-state index contributed by atoms with van der Waals surface area (Å²) in [5.41, 5.74) is 0. The maximum absolute atomic E-state index is 11.6. The van der Waals surface area contributed by atoms with Gasteiger partial charge in [-0.3, -0.25) is 4.57 Å². The third kappa shape index (κ3) is 22.5. The molecule has 0 rings (SSSR count). The van der Waals surface area contributed by atoms with Gasteiger partial charge in [-0.15, -0.1) is 0 Å². The Balaban J connectivity index is 3.31. The van der Waals surface area contributed by atoms with E-state index in [-0.39, 0.29) is 19.8 Å². The highest BCUT2D eigenvalue weighted by molar-refractivity contribution is 7.80. The van der Waals surface area contributed by atoms with Crippen LogP contribution in [0, 0.1) is 0 Å². The SMILES string of the molecule is C[N+](C)(C)CCOP(=O)([O-])OCCOCCCCCCCCCCCCS. The van der Waals surface area contributed by atoms with Crippen molar-refractivity contribution in [3.63, 3.8) is 0 Å². The fourth-order valence-electron chi connectivity index (χ4n) is 2.50. The molecule has 0 aromatic heterocycles. The molecular weight excluding hydrogens is 385 g/mol. The van der Waals surface area contributed by atoms with E-state index in [0.717, 1.165) is 18.6 Å². The molecule has 164 valence electrons. The van der Waals surface area contributed by atoms with Gasteiger partial charge in [0.2, 0.25) is 0 Å². The summed E-state index contributed by atoms with van der Waals surface area (Å²) in [6.07, 6.45) is 12.6. The molecule has 0 amide bonds. The molecule has 0 aliphatic carbocycles. The number of nitrogens with zero attached hydrogens (tertiary/aromatic N) is 1. The minimum Gasteiger partial charge on any atom is -0.756 e. The molecule has 8 heteroatoms. The van der Waals surface area contributed by atoms with Gasteiger partial charge >= 0.3 is 0 Å². The number of hydrogen-bond donors (Lipinski definition) is 1. The number of phosphoric acid groups is 1. The first kappa shape index (κ1) is 27.4. The zero-order valence-electron chi connectivity index (χ0n) is 17.7. The standard InChI is InChI=1S/C19H42NO5PS/c1-20(2,3)14-16-24-26(21,22)25-18-17-23-15-12-10-8-6-4-5-7-9-11-13-19-27/h4-19H2,1-3H3,(H-,21,22,27). The van der Waals surface area contributed by atoms with Crippen LogP contribution in [0.5, 0.6) is 0 Å². The Morgan fingerprint density at radius 2 is 1.22 bits per heavy atom. The second-order valence-electron chi connectivity index (χ2n) is 8.00. The highest BCUT2D eigenvalue weighted by Gasteiger charge is 2.13. The van der Waals surface area contributed by atoms with E-state index in [1.165, 1.54) is 51.4 Å². The van der Waals surface area contributed by atoms with E-state index in [9.17, 15) is 9.46 Å². The van der Waals surface area contributed by atoms with Gasteiger partial charge in [0.25, 0.3) is 7.82 Å². The molecule has 1 atom stereocenters. The molecule has 0 N–H and O–H groups in total. The van der Waals surface area contributed by atoms with Crippen LogP contribution in [0.3, 0.4) is 0 Å². The first-order valence-electron chi connectivity index (χ1n) is 10.4. The van der Waals surface area contributed by atoms with E-state index < -0.39 is 7.82 Å². The van der Waals surface area contributed by atoms with Crippen LogP contribution < -0.4 is 4.89 Å². The minimum absolute atomic E-state index is 0.0123. The lowest BCUT2D eigenvalue weighted by molar-refractivity contribution is -0.870. The zero-order valence-corrected chi connectivity index (χ0v) is 19.5. The Kier molecular flexibility index (Phi) is 17.5. The monoisotopic (exact) mass is 427 g/mol. The van der Waals surface area contributed by atoms with Crippen molar-refractivity contribution in [3.05, 3.63) is 0 Å². The molecular formula is C19H42NO5PS. The van der Waals surface area contributed by atoms with Gasteiger partial charge in [0.1, 0.15) is 13.2 Å². The second-order valence-corrected chi connectivity index (χ2v) is 9.86. The second kappa shape index (κ2) is 17.3. The molecule has 0 saturated carbocycles. The summed E-state index contributed by atoms with van der Waals surface area (Å²) in [7, 11) is 1.71. The van der Waals surface area contributed by atoms with Gasteiger partial charge in [-0.05, 0) is 18.6 Å². The van der Waals surface area contributed by atoms with Crippen molar-refractivity contribution in [2.24, 2.45) is 0 Å². The maximum atomic E-state index is 11.6. The molecule has 0 bridgehead atoms. The van der Waals surface area contributed by atoms with Crippen molar-refractivity contribution in [1.82, 2.24) is 0 Å². The molecule has 0 radical (unpaired) electrons. The van der Waals surface area contributed by atoms with Crippen LogP contribution in [-0.4, -0.2) is 64.4 Å². The molecule has 0 aliphatic rings. The number of thiol groups is 1. The van der Waals surface area contributed by atoms with Crippen molar-refractivity contribution in [1.29, 1.82) is 0 Å². The van der Waals surface area contributed by atoms with Gasteiger partial charge in [0.15, 0.2) is 0 Å². The van der Waals surface area contributed by atoms with E-state index >= 15 is 0 Å². The molecule has 0 aliphatic heterocycles. The van der Waals surface area contributed by atoms with Crippen LogP contribution in [0.1, 0.15) is 64.2 Å². The van der Waals surface area contributed by atoms with Crippen LogP contribution >= 0.6 is 20.5 Å². The van der Waals surface area contributed by atoms with E-state index in [1.807, 2.05) is 21.1 Å². The van der Waals surface area contributed by atoms with E-state index in [4.69, 9.17) is 13.8 Å². The molecule has 0 spiro atoms. The molecule has 0 saturated heterocycles. The van der Waals surface area contributed by atoms with Crippen LogP contribution in [0.25, 0.3) is 0 Å². The summed E-state index contributed by atoms with van der Waals surface area (Å²) < 4.78 is 27.2. The predicted molar refractivity (Wildman–Crippen MR) is 113 cm³/mol. The number of ether oxygens (including phenoxy) is 1. The third-order valence-electron chi connectivity index (χ3n) is 4.19.